The molecule has 40 heavy (non-hydrogen) atoms. The molecule has 1 saturated heterocycles. The highest BCUT2D eigenvalue weighted by atomic mass is 32.2. The molecule has 1 N–H and O–H groups in total. The van der Waals surface area contributed by atoms with Crippen molar-refractivity contribution in [1.82, 2.24) is 28.6 Å². The third kappa shape index (κ3) is 5.64. The van der Waals surface area contributed by atoms with Crippen LogP contribution < -0.4 is 10.1 Å². The van der Waals surface area contributed by atoms with Gasteiger partial charge in [-0.3, -0.25) is 9.58 Å². The lowest BCUT2D eigenvalue weighted by molar-refractivity contribution is -0.102. The molecular formula is C26H31F2N7O4S. The highest BCUT2D eigenvalue weighted by Crippen LogP contribution is 2.30. The quantitative estimate of drug-likeness (QED) is 0.303. The SMILES string of the molecule is CCOc1nc(Nc2cnn(CCN3CCO[C@@H](C(F)F)C3)c2C)nc2c1ccn2S(=O)(=O)c1ccc(C)cc1. The van der Waals surface area contributed by atoms with E-state index in [0.29, 0.717) is 37.3 Å². The first-order valence-corrected chi connectivity index (χ1v) is 14.4. The molecule has 1 fully saturated rings. The summed E-state index contributed by atoms with van der Waals surface area (Å²) in [5.41, 5.74) is 2.52. The van der Waals surface area contributed by atoms with Crippen LogP contribution in [0, 0.1) is 13.8 Å². The van der Waals surface area contributed by atoms with E-state index in [9.17, 15) is 17.2 Å². The van der Waals surface area contributed by atoms with Crippen LogP contribution in [0.5, 0.6) is 5.88 Å². The molecule has 0 saturated carbocycles. The Hall–Kier alpha value is -3.62. The Kier molecular flexibility index (Phi) is 8.01. The number of ether oxygens (including phenoxy) is 2. The van der Waals surface area contributed by atoms with Gasteiger partial charge in [0, 0.05) is 25.8 Å². The Bertz CT molecular complexity index is 1590. The van der Waals surface area contributed by atoms with Gasteiger partial charge in [-0.2, -0.15) is 15.1 Å². The number of aromatic nitrogens is 5. The summed E-state index contributed by atoms with van der Waals surface area (Å²) in [4.78, 5) is 11.1. The number of fused-ring (bicyclic) bond motifs is 1. The minimum atomic E-state index is -3.93. The normalized spacial score (nSPS) is 16.6. The Labute approximate surface area is 230 Å². The summed E-state index contributed by atoms with van der Waals surface area (Å²) in [7, 11) is -3.93. The summed E-state index contributed by atoms with van der Waals surface area (Å²) in [5, 5.41) is 8.02. The molecule has 11 nitrogen and oxygen atoms in total. The third-order valence-corrected chi connectivity index (χ3v) is 8.45. The Morgan fingerprint density at radius 2 is 1.93 bits per heavy atom. The number of aryl methyl sites for hydroxylation is 1. The molecule has 0 unspecified atom stereocenters. The summed E-state index contributed by atoms with van der Waals surface area (Å²) in [5.74, 6) is 0.393. The predicted molar refractivity (Wildman–Crippen MR) is 145 cm³/mol. The van der Waals surface area contributed by atoms with E-state index in [1.807, 2.05) is 25.7 Å². The van der Waals surface area contributed by atoms with Gasteiger partial charge in [0.05, 0.1) is 47.6 Å². The third-order valence-electron chi connectivity index (χ3n) is 6.77. The molecule has 4 aromatic rings. The van der Waals surface area contributed by atoms with Gasteiger partial charge in [0.1, 0.15) is 6.10 Å². The van der Waals surface area contributed by atoms with Crippen LogP contribution in [0.3, 0.4) is 0 Å². The maximum atomic E-state index is 13.5. The summed E-state index contributed by atoms with van der Waals surface area (Å²) >= 11 is 0. The average Bonchev–Trinajstić information content (AvgIpc) is 3.52. The molecule has 1 atom stereocenters. The van der Waals surface area contributed by atoms with Crippen molar-refractivity contribution in [1.29, 1.82) is 0 Å². The number of nitrogens with one attached hydrogen (secondary N) is 1. The molecule has 0 bridgehead atoms. The number of benzene rings is 1. The lowest BCUT2D eigenvalue weighted by Gasteiger charge is -2.32. The van der Waals surface area contributed by atoms with Crippen molar-refractivity contribution >= 4 is 32.7 Å². The van der Waals surface area contributed by atoms with Gasteiger partial charge in [-0.1, -0.05) is 17.7 Å². The number of morpholine rings is 1. The smallest absolute Gasteiger partial charge is 0.269 e. The number of rotatable bonds is 10. The second-order valence-corrected chi connectivity index (χ2v) is 11.3. The molecule has 214 valence electrons. The van der Waals surface area contributed by atoms with E-state index in [0.717, 1.165) is 15.2 Å². The Morgan fingerprint density at radius 1 is 1.15 bits per heavy atom. The van der Waals surface area contributed by atoms with Crippen molar-refractivity contribution in [3.05, 3.63) is 54.0 Å². The molecule has 0 aliphatic carbocycles. The first-order valence-electron chi connectivity index (χ1n) is 12.9. The van der Waals surface area contributed by atoms with E-state index in [4.69, 9.17) is 9.47 Å². The first kappa shape index (κ1) is 27.9. The first-order chi connectivity index (χ1) is 19.2. The fourth-order valence-corrected chi connectivity index (χ4v) is 5.82. The second-order valence-electron chi connectivity index (χ2n) is 9.49. The highest BCUT2D eigenvalue weighted by Gasteiger charge is 2.28. The van der Waals surface area contributed by atoms with Gasteiger partial charge in [0.25, 0.3) is 16.4 Å². The minimum Gasteiger partial charge on any atom is -0.477 e. The fraction of sp³-hybridized carbons (Fsp3) is 0.423. The molecule has 1 aliphatic rings. The van der Waals surface area contributed by atoms with Crippen molar-refractivity contribution in [2.75, 3.05) is 38.2 Å². The van der Waals surface area contributed by atoms with Crippen LogP contribution in [0.2, 0.25) is 0 Å². The van der Waals surface area contributed by atoms with E-state index in [2.05, 4.69) is 20.4 Å². The zero-order valence-electron chi connectivity index (χ0n) is 22.4. The van der Waals surface area contributed by atoms with Crippen molar-refractivity contribution in [3.63, 3.8) is 0 Å². The van der Waals surface area contributed by atoms with Crippen LogP contribution in [-0.4, -0.2) is 82.4 Å². The molecule has 4 heterocycles. The molecule has 1 aromatic carbocycles. The lowest BCUT2D eigenvalue weighted by atomic mass is 10.2. The molecule has 0 spiro atoms. The summed E-state index contributed by atoms with van der Waals surface area (Å²) < 4.78 is 66.7. The fourth-order valence-electron chi connectivity index (χ4n) is 4.52. The number of halogens is 2. The van der Waals surface area contributed by atoms with Crippen LogP contribution in [0.4, 0.5) is 20.4 Å². The number of hydrogen-bond acceptors (Lipinski definition) is 9. The van der Waals surface area contributed by atoms with Crippen molar-refractivity contribution < 1.29 is 26.7 Å². The van der Waals surface area contributed by atoms with Crippen LogP contribution >= 0.6 is 0 Å². The van der Waals surface area contributed by atoms with Crippen molar-refractivity contribution in [3.8, 4) is 5.88 Å². The molecule has 0 amide bonds. The van der Waals surface area contributed by atoms with Gasteiger partial charge in [-0.15, -0.1) is 0 Å². The van der Waals surface area contributed by atoms with Gasteiger partial charge < -0.3 is 14.8 Å². The predicted octanol–water partition coefficient (Wildman–Crippen LogP) is 3.59. The van der Waals surface area contributed by atoms with Gasteiger partial charge in [-0.25, -0.2) is 21.2 Å². The monoisotopic (exact) mass is 575 g/mol. The second kappa shape index (κ2) is 11.5. The van der Waals surface area contributed by atoms with Gasteiger partial charge in [0.15, 0.2) is 5.65 Å². The van der Waals surface area contributed by atoms with E-state index >= 15 is 0 Å². The zero-order valence-corrected chi connectivity index (χ0v) is 23.2. The Morgan fingerprint density at radius 3 is 2.65 bits per heavy atom. The topological polar surface area (TPSA) is 116 Å². The molecule has 3 aromatic heterocycles. The molecule has 0 radical (unpaired) electrons. The number of alkyl halides is 2. The molecule has 1 aliphatic heterocycles. The number of anilines is 2. The van der Waals surface area contributed by atoms with Crippen molar-refractivity contribution in [2.24, 2.45) is 0 Å². The number of hydrogen-bond donors (Lipinski definition) is 1. The Balaban J connectivity index is 1.40. The maximum absolute atomic E-state index is 13.5. The van der Waals surface area contributed by atoms with Crippen LogP contribution in [-0.2, 0) is 21.3 Å². The van der Waals surface area contributed by atoms with E-state index in [1.165, 1.54) is 6.20 Å². The van der Waals surface area contributed by atoms with E-state index in [-0.39, 0.29) is 35.5 Å². The van der Waals surface area contributed by atoms with Crippen LogP contribution in [0.15, 0.2) is 47.6 Å². The maximum Gasteiger partial charge on any atom is 0.269 e. The lowest BCUT2D eigenvalue weighted by Crippen LogP contribution is -2.46. The van der Waals surface area contributed by atoms with Gasteiger partial charge in [0.2, 0.25) is 11.8 Å². The van der Waals surface area contributed by atoms with Crippen molar-refractivity contribution in [2.45, 2.75) is 44.7 Å². The van der Waals surface area contributed by atoms with E-state index in [1.54, 1.807) is 41.2 Å². The van der Waals surface area contributed by atoms with Gasteiger partial charge in [-0.05, 0) is 39.0 Å². The zero-order chi connectivity index (χ0) is 28.4. The van der Waals surface area contributed by atoms with Crippen LogP contribution in [0.25, 0.3) is 11.0 Å². The molecular weight excluding hydrogens is 544 g/mol. The largest absolute Gasteiger partial charge is 0.477 e. The van der Waals surface area contributed by atoms with Crippen LogP contribution in [0.1, 0.15) is 18.2 Å². The number of nitrogens with zero attached hydrogens (tertiary/aromatic N) is 6. The standard InChI is InChI=1S/C26H31F2N7O4S/c1-4-38-25-20-9-10-35(40(36,37)19-7-5-17(2)6-8-19)24(20)31-26(32-25)30-21-15-29-34(18(21)3)12-11-33-13-14-39-22(16-33)23(27)28/h5-10,15,22-23H,4,11-14,16H2,1-3H3,(H,30,31,32)/t22-/m1/s1. The summed E-state index contributed by atoms with van der Waals surface area (Å²) in [6.07, 6.45) is -0.539. The highest BCUT2D eigenvalue weighted by molar-refractivity contribution is 7.90. The average molecular weight is 576 g/mol. The van der Waals surface area contributed by atoms with E-state index < -0.39 is 22.6 Å². The minimum absolute atomic E-state index is 0.138. The molecule has 14 heteroatoms. The summed E-state index contributed by atoms with van der Waals surface area (Å²) in [6.45, 7) is 7.93. The molecule has 5 rings (SSSR count). The summed E-state index contributed by atoms with van der Waals surface area (Å²) in [6, 6.07) is 8.21. The van der Waals surface area contributed by atoms with Gasteiger partial charge >= 0.3 is 0 Å².